The highest BCUT2D eigenvalue weighted by Gasteiger charge is 2.20. The molecule has 0 spiro atoms. The van der Waals surface area contributed by atoms with Crippen molar-refractivity contribution in [3.63, 3.8) is 0 Å². The van der Waals surface area contributed by atoms with E-state index in [9.17, 15) is 9.18 Å². The second-order valence-corrected chi connectivity index (χ2v) is 4.31. The Hall–Kier alpha value is -1.40. The van der Waals surface area contributed by atoms with Crippen LogP contribution in [-0.4, -0.2) is 16.2 Å². The van der Waals surface area contributed by atoms with Crippen LogP contribution in [0.1, 0.15) is 10.5 Å². The largest absolute Gasteiger partial charge is 0.476 e. The molecule has 7 heteroatoms. The summed E-state index contributed by atoms with van der Waals surface area (Å²) in [5, 5.41) is 12.1. The molecule has 0 fully saturated rings. The van der Waals surface area contributed by atoms with Gasteiger partial charge in [0.2, 0.25) is 5.69 Å². The monoisotopic (exact) mass is 319 g/mol. The fourth-order valence-corrected chi connectivity index (χ4v) is 1.95. The summed E-state index contributed by atoms with van der Waals surface area (Å²) in [6.45, 7) is 0. The Bertz CT molecular complexity index is 599. The minimum atomic E-state index is -1.22. The van der Waals surface area contributed by atoms with Gasteiger partial charge in [-0.3, -0.25) is 0 Å². The number of carbonyl (C=O) groups is 1. The van der Waals surface area contributed by atoms with Crippen molar-refractivity contribution in [3.05, 3.63) is 39.2 Å². The molecule has 2 aromatic rings. The molecule has 1 aromatic carbocycles. The zero-order valence-corrected chi connectivity index (χ0v) is 10.4. The SMILES string of the molecule is O=C(O)c1noc(-c2ccc(F)c(Cl)c2)c1Br. The lowest BCUT2D eigenvalue weighted by molar-refractivity contribution is 0.0685. The first-order chi connectivity index (χ1) is 8.00. The van der Waals surface area contributed by atoms with Crippen LogP contribution in [0.3, 0.4) is 0 Å². The Morgan fingerprint density at radius 2 is 2.24 bits per heavy atom. The first kappa shape index (κ1) is 12.1. The van der Waals surface area contributed by atoms with E-state index in [2.05, 4.69) is 21.1 Å². The van der Waals surface area contributed by atoms with Crippen molar-refractivity contribution < 1.29 is 18.8 Å². The lowest BCUT2D eigenvalue weighted by atomic mass is 10.1. The summed E-state index contributed by atoms with van der Waals surface area (Å²) >= 11 is 8.67. The van der Waals surface area contributed by atoms with Gasteiger partial charge in [-0.05, 0) is 34.1 Å². The summed E-state index contributed by atoms with van der Waals surface area (Å²) in [6.07, 6.45) is 0. The summed E-state index contributed by atoms with van der Waals surface area (Å²) in [5.74, 6) is -1.60. The number of hydrogen-bond acceptors (Lipinski definition) is 3. The molecule has 0 amide bonds. The van der Waals surface area contributed by atoms with Crippen LogP contribution < -0.4 is 0 Å². The maximum absolute atomic E-state index is 13.0. The van der Waals surface area contributed by atoms with Gasteiger partial charge in [0, 0.05) is 5.56 Å². The molecule has 1 N–H and O–H groups in total. The van der Waals surface area contributed by atoms with Crippen molar-refractivity contribution in [1.29, 1.82) is 0 Å². The van der Waals surface area contributed by atoms with Crippen LogP contribution in [0.15, 0.2) is 27.2 Å². The normalized spacial score (nSPS) is 10.5. The van der Waals surface area contributed by atoms with Gasteiger partial charge >= 0.3 is 5.97 Å². The predicted octanol–water partition coefficient (Wildman–Crippen LogP) is 3.59. The van der Waals surface area contributed by atoms with Crippen LogP contribution in [0, 0.1) is 5.82 Å². The van der Waals surface area contributed by atoms with Crippen LogP contribution in [0.4, 0.5) is 4.39 Å². The summed E-state index contributed by atoms with van der Waals surface area (Å²) < 4.78 is 18.0. The molecule has 0 saturated carbocycles. The third kappa shape index (κ3) is 2.18. The molecule has 0 aliphatic carbocycles. The minimum absolute atomic E-state index is 0.0809. The van der Waals surface area contributed by atoms with Crippen LogP contribution in [0.5, 0.6) is 0 Å². The summed E-state index contributed by atoms with van der Waals surface area (Å²) in [5.41, 5.74) is 0.184. The summed E-state index contributed by atoms with van der Waals surface area (Å²) in [7, 11) is 0. The van der Waals surface area contributed by atoms with Crippen molar-refractivity contribution in [2.75, 3.05) is 0 Å². The zero-order chi connectivity index (χ0) is 12.6. The first-order valence-corrected chi connectivity index (χ1v) is 5.51. The summed E-state index contributed by atoms with van der Waals surface area (Å²) in [4.78, 5) is 10.7. The zero-order valence-electron chi connectivity index (χ0n) is 8.08. The van der Waals surface area contributed by atoms with Gasteiger partial charge in [0.1, 0.15) is 10.3 Å². The number of hydrogen-bond donors (Lipinski definition) is 1. The van der Waals surface area contributed by atoms with Gasteiger partial charge in [0.25, 0.3) is 0 Å². The Labute approximate surface area is 108 Å². The van der Waals surface area contributed by atoms with E-state index in [0.717, 1.165) is 6.07 Å². The highest BCUT2D eigenvalue weighted by Crippen LogP contribution is 2.33. The van der Waals surface area contributed by atoms with Crippen LogP contribution in [0.2, 0.25) is 5.02 Å². The summed E-state index contributed by atoms with van der Waals surface area (Å²) in [6, 6.07) is 3.90. The fraction of sp³-hybridized carbons (Fsp3) is 0. The Morgan fingerprint density at radius 3 is 2.76 bits per heavy atom. The van der Waals surface area contributed by atoms with E-state index < -0.39 is 11.8 Å². The molecule has 17 heavy (non-hydrogen) atoms. The number of halogens is 3. The molecule has 88 valence electrons. The van der Waals surface area contributed by atoms with Crippen LogP contribution >= 0.6 is 27.5 Å². The van der Waals surface area contributed by atoms with Gasteiger partial charge in [0.05, 0.1) is 5.02 Å². The molecule has 4 nitrogen and oxygen atoms in total. The van der Waals surface area contributed by atoms with E-state index in [4.69, 9.17) is 21.2 Å². The average molecular weight is 321 g/mol. The number of aromatic nitrogens is 1. The molecule has 0 saturated heterocycles. The standard InChI is InChI=1S/C10H4BrClFNO3/c11-7-8(10(15)16)14-17-9(7)4-1-2-6(13)5(12)3-4/h1-3H,(H,15,16). The molecular weight excluding hydrogens is 316 g/mol. The number of nitrogens with zero attached hydrogens (tertiary/aromatic N) is 1. The molecule has 0 atom stereocenters. The van der Waals surface area contributed by atoms with Gasteiger partial charge in [0.15, 0.2) is 5.76 Å². The van der Waals surface area contributed by atoms with E-state index in [1.165, 1.54) is 12.1 Å². The quantitative estimate of drug-likeness (QED) is 0.918. The molecule has 0 radical (unpaired) electrons. The molecule has 0 aliphatic heterocycles. The molecule has 0 unspecified atom stereocenters. The number of aromatic carboxylic acids is 1. The molecule has 0 aliphatic rings. The molecule has 1 aromatic heterocycles. The highest BCUT2D eigenvalue weighted by molar-refractivity contribution is 9.10. The van der Waals surface area contributed by atoms with Crippen molar-refractivity contribution >= 4 is 33.5 Å². The van der Waals surface area contributed by atoms with Gasteiger partial charge in [-0.2, -0.15) is 0 Å². The number of carboxylic acid groups (broad SMARTS) is 1. The van der Waals surface area contributed by atoms with Crippen molar-refractivity contribution in [1.82, 2.24) is 5.16 Å². The second-order valence-electron chi connectivity index (χ2n) is 3.11. The smallest absolute Gasteiger partial charge is 0.359 e. The Balaban J connectivity index is 2.53. The topological polar surface area (TPSA) is 63.3 Å². The maximum Gasteiger partial charge on any atom is 0.359 e. The van der Waals surface area contributed by atoms with Crippen molar-refractivity contribution in [3.8, 4) is 11.3 Å². The van der Waals surface area contributed by atoms with Gasteiger partial charge in [-0.15, -0.1) is 0 Å². The van der Waals surface area contributed by atoms with Gasteiger partial charge in [-0.1, -0.05) is 16.8 Å². The van der Waals surface area contributed by atoms with E-state index in [1.54, 1.807) is 0 Å². The van der Waals surface area contributed by atoms with Crippen molar-refractivity contribution in [2.45, 2.75) is 0 Å². The van der Waals surface area contributed by atoms with Crippen LogP contribution in [-0.2, 0) is 0 Å². The first-order valence-electron chi connectivity index (χ1n) is 4.34. The molecule has 0 bridgehead atoms. The lowest BCUT2D eigenvalue weighted by Gasteiger charge is -1.98. The molecular formula is C10H4BrClFNO3. The van der Waals surface area contributed by atoms with E-state index in [1.807, 2.05) is 0 Å². The fourth-order valence-electron chi connectivity index (χ4n) is 1.23. The minimum Gasteiger partial charge on any atom is -0.476 e. The molecule has 2 rings (SSSR count). The predicted molar refractivity (Wildman–Crippen MR) is 61.6 cm³/mol. The van der Waals surface area contributed by atoms with E-state index >= 15 is 0 Å². The van der Waals surface area contributed by atoms with Crippen molar-refractivity contribution in [2.24, 2.45) is 0 Å². The molecule has 1 heterocycles. The van der Waals surface area contributed by atoms with Gasteiger partial charge in [-0.25, -0.2) is 9.18 Å². The number of benzene rings is 1. The Kier molecular flexibility index (Phi) is 3.17. The van der Waals surface area contributed by atoms with Crippen LogP contribution in [0.25, 0.3) is 11.3 Å². The lowest BCUT2D eigenvalue weighted by Crippen LogP contribution is -1.96. The number of carboxylic acids is 1. The highest BCUT2D eigenvalue weighted by atomic mass is 79.9. The maximum atomic E-state index is 13.0. The third-order valence-electron chi connectivity index (χ3n) is 2.02. The van der Waals surface area contributed by atoms with E-state index in [-0.39, 0.29) is 20.9 Å². The van der Waals surface area contributed by atoms with E-state index in [0.29, 0.717) is 5.56 Å². The van der Waals surface area contributed by atoms with Gasteiger partial charge < -0.3 is 9.63 Å². The Morgan fingerprint density at radius 1 is 1.53 bits per heavy atom. The average Bonchev–Trinajstić information content (AvgIpc) is 2.64. The second kappa shape index (κ2) is 4.46. The third-order valence-corrected chi connectivity index (χ3v) is 3.05. The number of rotatable bonds is 2.